The lowest BCUT2D eigenvalue weighted by Gasteiger charge is -2.41. The van der Waals surface area contributed by atoms with E-state index >= 15 is 0 Å². The van der Waals surface area contributed by atoms with Crippen LogP contribution in [0.1, 0.15) is 18.4 Å². The predicted octanol–water partition coefficient (Wildman–Crippen LogP) is 9.85. The van der Waals surface area contributed by atoms with Crippen molar-refractivity contribution < 1.29 is 124 Å². The second kappa shape index (κ2) is 16.6. The second-order valence-corrected chi connectivity index (χ2v) is 11.7. The highest BCUT2D eigenvalue weighted by Gasteiger charge is 2.92. The molecule has 57 heavy (non-hydrogen) atoms. The molecule has 4 nitrogen and oxygen atoms in total. The molecule has 2 N–H and O–H groups in total. The lowest BCUT2D eigenvalue weighted by Crippen LogP contribution is -2.70. The number of nitrogens with zero attached hydrogens (tertiary/aromatic N) is 1. The van der Waals surface area contributed by atoms with Crippen molar-refractivity contribution in [3.63, 3.8) is 0 Å². The van der Waals surface area contributed by atoms with Crippen LogP contribution in [0.4, 0.5) is 120 Å². The minimum Gasteiger partial charge on any atom is -0.394 e. The van der Waals surface area contributed by atoms with E-state index in [1.807, 2.05) is 0 Å². The SMILES string of the molecule is OCCOCCNCc1ccc(N(CCC(F)(F)C(F)(F)C(F)(F)C(F)(F)C(F)(F)C(F)(F)F)CCC(F)(F)C(F)(F)C(F)(F)C(F)(F)C(F)(F)C(F)(F)F)cc1. The van der Waals surface area contributed by atoms with Crippen LogP contribution in [-0.2, 0) is 11.3 Å². The Bertz CT molecular complexity index is 1360. The first kappa shape index (κ1) is 52.1. The van der Waals surface area contributed by atoms with E-state index in [1.165, 1.54) is 0 Å². The normalized spacial score (nSPS) is 15.4. The van der Waals surface area contributed by atoms with Crippen molar-refractivity contribution in [3.8, 4) is 0 Å². The van der Waals surface area contributed by atoms with Crippen LogP contribution in [-0.4, -0.2) is 116 Å². The van der Waals surface area contributed by atoms with E-state index in [9.17, 15) is 114 Å². The molecule has 0 atom stereocenters. The summed E-state index contributed by atoms with van der Waals surface area (Å²) in [4.78, 5) is -0.435. The minimum atomic E-state index is -8.39. The molecular weight excluding hydrogens is 878 g/mol. The number of ether oxygens (including phenoxy) is 1. The molecule has 30 heteroatoms. The topological polar surface area (TPSA) is 44.7 Å². The van der Waals surface area contributed by atoms with Gasteiger partial charge in [0.15, 0.2) is 0 Å². The summed E-state index contributed by atoms with van der Waals surface area (Å²) in [5, 5.41) is 11.2. The zero-order valence-corrected chi connectivity index (χ0v) is 27.3. The highest BCUT2D eigenvalue weighted by atomic mass is 19.4. The Kier molecular flexibility index (Phi) is 15.2. The Morgan fingerprint density at radius 2 is 0.789 bits per heavy atom. The van der Waals surface area contributed by atoms with Gasteiger partial charge in [-0.2, -0.15) is 114 Å². The fourth-order valence-electron chi connectivity index (χ4n) is 4.21. The third kappa shape index (κ3) is 9.45. The predicted molar refractivity (Wildman–Crippen MR) is 139 cm³/mol. The van der Waals surface area contributed by atoms with E-state index in [2.05, 4.69) is 5.32 Å². The number of benzene rings is 1. The summed E-state index contributed by atoms with van der Waals surface area (Å²) < 4.78 is 357. The van der Waals surface area contributed by atoms with Crippen LogP contribution in [0, 0.1) is 0 Å². The van der Waals surface area contributed by atoms with Gasteiger partial charge in [-0.05, 0) is 17.7 Å². The van der Waals surface area contributed by atoms with Gasteiger partial charge in [0.25, 0.3) is 0 Å². The van der Waals surface area contributed by atoms with Crippen molar-refractivity contribution in [1.82, 2.24) is 5.32 Å². The highest BCUT2D eigenvalue weighted by Crippen LogP contribution is 2.62. The number of hydrogen-bond acceptors (Lipinski definition) is 4. The van der Waals surface area contributed by atoms with Crippen molar-refractivity contribution in [1.29, 1.82) is 0 Å². The molecule has 0 aromatic heterocycles. The molecule has 336 valence electrons. The second-order valence-electron chi connectivity index (χ2n) is 11.7. The van der Waals surface area contributed by atoms with Crippen molar-refractivity contribution in [3.05, 3.63) is 29.8 Å². The number of aliphatic hydroxyl groups excluding tert-OH is 1. The molecule has 0 aliphatic rings. The van der Waals surface area contributed by atoms with Gasteiger partial charge in [0.1, 0.15) is 0 Å². The van der Waals surface area contributed by atoms with Gasteiger partial charge in [-0.3, -0.25) is 0 Å². The molecule has 0 aliphatic carbocycles. The summed E-state index contributed by atoms with van der Waals surface area (Å²) in [6.45, 7) is -5.56. The molecule has 0 bridgehead atoms. The number of halogens is 26. The van der Waals surface area contributed by atoms with Gasteiger partial charge < -0.3 is 20.1 Å². The molecule has 1 aromatic rings. The van der Waals surface area contributed by atoms with E-state index in [0.717, 1.165) is 12.1 Å². The van der Waals surface area contributed by atoms with Crippen molar-refractivity contribution in [2.75, 3.05) is 44.4 Å². The summed E-state index contributed by atoms with van der Waals surface area (Å²) in [7, 11) is 0. The van der Waals surface area contributed by atoms with Crippen molar-refractivity contribution in [2.24, 2.45) is 0 Å². The number of rotatable bonds is 22. The zero-order chi connectivity index (χ0) is 45.3. The summed E-state index contributed by atoms with van der Waals surface area (Å²) in [5.41, 5.74) is -1.00. The first-order valence-electron chi connectivity index (χ1n) is 14.8. The lowest BCUT2D eigenvalue weighted by atomic mass is 9.92. The summed E-state index contributed by atoms with van der Waals surface area (Å²) >= 11 is 0. The molecule has 0 amide bonds. The molecule has 0 unspecified atom stereocenters. The molecule has 1 aromatic carbocycles. The number of hydrogen-bond donors (Lipinski definition) is 2. The summed E-state index contributed by atoms with van der Waals surface area (Å²) in [6.07, 6.45) is -22.1. The van der Waals surface area contributed by atoms with Gasteiger partial charge in [0.2, 0.25) is 0 Å². The van der Waals surface area contributed by atoms with Crippen LogP contribution in [0.3, 0.4) is 0 Å². The van der Waals surface area contributed by atoms with Gasteiger partial charge in [0.05, 0.1) is 19.8 Å². The number of aliphatic hydroxyl groups is 1. The first-order chi connectivity index (χ1) is 25.1. The van der Waals surface area contributed by atoms with Gasteiger partial charge in [0, 0.05) is 44.7 Å². The van der Waals surface area contributed by atoms with E-state index < -0.39 is 115 Å². The fourth-order valence-corrected chi connectivity index (χ4v) is 4.21. The van der Waals surface area contributed by atoms with Gasteiger partial charge in [-0.15, -0.1) is 0 Å². The third-order valence-corrected chi connectivity index (χ3v) is 7.68. The maximum absolute atomic E-state index is 14.5. The van der Waals surface area contributed by atoms with Crippen molar-refractivity contribution in [2.45, 2.75) is 91.0 Å². The smallest absolute Gasteiger partial charge is 0.394 e. The minimum absolute atomic E-state index is 0.0115. The Balaban J connectivity index is 3.63. The van der Waals surface area contributed by atoms with Crippen LogP contribution in [0.2, 0.25) is 0 Å². The lowest BCUT2D eigenvalue weighted by molar-refractivity contribution is -0.440. The number of nitrogens with one attached hydrogen (secondary N) is 1. The Labute approximate surface area is 301 Å². The first-order valence-corrected chi connectivity index (χ1v) is 14.8. The largest absolute Gasteiger partial charge is 0.460 e. The molecule has 0 spiro atoms. The maximum atomic E-state index is 14.5. The molecule has 0 saturated heterocycles. The van der Waals surface area contributed by atoms with Gasteiger partial charge in [-0.25, -0.2) is 0 Å². The quantitative estimate of drug-likeness (QED) is 0.0900. The Morgan fingerprint density at radius 3 is 1.11 bits per heavy atom. The van der Waals surface area contributed by atoms with Crippen LogP contribution in [0.15, 0.2) is 24.3 Å². The van der Waals surface area contributed by atoms with Gasteiger partial charge in [-0.1, -0.05) is 12.1 Å². The molecule has 0 heterocycles. The summed E-state index contributed by atoms with van der Waals surface area (Å²) in [5.74, 6) is -79.6. The average molecular weight is 902 g/mol. The monoisotopic (exact) mass is 902 g/mol. The summed E-state index contributed by atoms with van der Waals surface area (Å²) in [6, 6.07) is 2.63. The standard InChI is InChI=1S/C27H24F26N2O2/c28-16(29,18(32,33)20(36,37)22(40,41)24(44,45)26(48,49)50)5-8-55(15-3-1-14(2-4-15)13-54-7-11-57-12-10-56)9-6-17(30,31)19(34,35)21(38,39)23(42,43)25(46,47)27(51,52)53/h1-4,54,56H,5-13H2. The number of alkyl halides is 26. The van der Waals surface area contributed by atoms with E-state index in [-0.39, 0.29) is 31.9 Å². The van der Waals surface area contributed by atoms with Crippen molar-refractivity contribution >= 4 is 5.69 Å². The van der Waals surface area contributed by atoms with Crippen LogP contribution < -0.4 is 10.2 Å². The molecule has 0 saturated carbocycles. The molecule has 0 radical (unpaired) electrons. The van der Waals surface area contributed by atoms with E-state index in [4.69, 9.17) is 9.84 Å². The maximum Gasteiger partial charge on any atom is 0.460 e. The molecule has 0 aliphatic heterocycles. The highest BCUT2D eigenvalue weighted by molar-refractivity contribution is 5.47. The van der Waals surface area contributed by atoms with E-state index in [0.29, 0.717) is 12.1 Å². The van der Waals surface area contributed by atoms with Gasteiger partial charge >= 0.3 is 71.6 Å². The zero-order valence-electron chi connectivity index (χ0n) is 27.3. The van der Waals surface area contributed by atoms with Crippen LogP contribution >= 0.6 is 0 Å². The number of anilines is 1. The molecule has 0 fully saturated rings. The van der Waals surface area contributed by atoms with Crippen LogP contribution in [0.25, 0.3) is 0 Å². The average Bonchev–Trinajstić information content (AvgIpc) is 3.04. The Morgan fingerprint density at radius 1 is 0.456 bits per heavy atom. The van der Waals surface area contributed by atoms with E-state index in [1.54, 1.807) is 0 Å². The Hall–Kier alpha value is -2.92. The third-order valence-electron chi connectivity index (χ3n) is 7.68. The molecule has 1 rings (SSSR count). The molecular formula is C27H24F26N2O2. The fraction of sp³-hybridized carbons (Fsp3) is 0.778. The van der Waals surface area contributed by atoms with Crippen LogP contribution in [0.5, 0.6) is 0 Å².